The van der Waals surface area contributed by atoms with Gasteiger partial charge in [-0.3, -0.25) is 9.59 Å². The third-order valence-corrected chi connectivity index (χ3v) is 6.24. The molecule has 8 nitrogen and oxygen atoms in total. The molecule has 210 valence electrons. The number of aryl methyl sites for hydroxylation is 2. The largest absolute Gasteiger partial charge is 0.493 e. The summed E-state index contributed by atoms with van der Waals surface area (Å²) in [6, 6.07) is 25.1. The van der Waals surface area contributed by atoms with Crippen LogP contribution in [0, 0.1) is 13.8 Å². The van der Waals surface area contributed by atoms with Gasteiger partial charge in [0.15, 0.2) is 18.1 Å². The Balaban J connectivity index is 1.26. The lowest BCUT2D eigenvalue weighted by atomic mass is 10.2. The maximum Gasteiger partial charge on any atom is 0.271 e. The highest BCUT2D eigenvalue weighted by atomic mass is 35.5. The third-order valence-electron chi connectivity index (χ3n) is 6.01. The fraction of sp³-hybridized carbons (Fsp3) is 0.156. The summed E-state index contributed by atoms with van der Waals surface area (Å²) in [6.07, 6.45) is 1.52. The normalized spacial score (nSPS) is 10.7. The molecule has 0 fully saturated rings. The van der Waals surface area contributed by atoms with Crippen LogP contribution >= 0.6 is 11.6 Å². The monoisotopic (exact) mass is 571 g/mol. The van der Waals surface area contributed by atoms with Gasteiger partial charge in [-0.15, -0.1) is 0 Å². The maximum atomic E-state index is 12.5. The number of nitrogens with zero attached hydrogens (tertiary/aromatic N) is 1. The van der Waals surface area contributed by atoms with Crippen molar-refractivity contribution in [1.29, 1.82) is 0 Å². The highest BCUT2D eigenvalue weighted by Crippen LogP contribution is 2.28. The number of hydrogen-bond acceptors (Lipinski definition) is 6. The van der Waals surface area contributed by atoms with Crippen molar-refractivity contribution in [2.24, 2.45) is 5.10 Å². The van der Waals surface area contributed by atoms with Crippen molar-refractivity contribution in [1.82, 2.24) is 5.43 Å². The molecule has 0 spiro atoms. The second-order valence-corrected chi connectivity index (χ2v) is 9.64. The molecule has 0 saturated carbocycles. The lowest BCUT2D eigenvalue weighted by Crippen LogP contribution is -2.21. The van der Waals surface area contributed by atoms with Gasteiger partial charge in [0, 0.05) is 16.3 Å². The first kappa shape index (κ1) is 29.2. The lowest BCUT2D eigenvalue weighted by molar-refractivity contribution is -0.118. The molecule has 0 aliphatic rings. The molecular formula is C32H30ClN3O5. The van der Waals surface area contributed by atoms with Crippen molar-refractivity contribution < 1.29 is 23.8 Å². The van der Waals surface area contributed by atoms with E-state index in [1.54, 1.807) is 61.7 Å². The quantitative estimate of drug-likeness (QED) is 0.162. The van der Waals surface area contributed by atoms with Crippen molar-refractivity contribution in [2.75, 3.05) is 19.0 Å². The van der Waals surface area contributed by atoms with E-state index < -0.39 is 5.91 Å². The van der Waals surface area contributed by atoms with Crippen LogP contribution in [-0.2, 0) is 11.4 Å². The number of benzene rings is 4. The van der Waals surface area contributed by atoms with Crippen molar-refractivity contribution in [3.8, 4) is 17.2 Å². The van der Waals surface area contributed by atoms with Gasteiger partial charge in [-0.25, -0.2) is 5.43 Å². The van der Waals surface area contributed by atoms with E-state index in [2.05, 4.69) is 15.8 Å². The van der Waals surface area contributed by atoms with E-state index in [-0.39, 0.29) is 12.5 Å². The number of halogens is 1. The summed E-state index contributed by atoms with van der Waals surface area (Å²) in [5, 5.41) is 7.38. The number of nitrogens with one attached hydrogen (secondary N) is 2. The zero-order chi connectivity index (χ0) is 29.2. The first-order valence-electron chi connectivity index (χ1n) is 12.8. The Morgan fingerprint density at radius 1 is 0.854 bits per heavy atom. The Labute approximate surface area is 243 Å². The predicted molar refractivity (Wildman–Crippen MR) is 160 cm³/mol. The minimum Gasteiger partial charge on any atom is -0.493 e. The Morgan fingerprint density at radius 2 is 1.59 bits per heavy atom. The van der Waals surface area contributed by atoms with Gasteiger partial charge in [0.2, 0.25) is 0 Å². The molecular weight excluding hydrogens is 542 g/mol. The summed E-state index contributed by atoms with van der Waals surface area (Å²) >= 11 is 5.94. The van der Waals surface area contributed by atoms with Crippen LogP contribution in [-0.4, -0.2) is 31.7 Å². The molecule has 9 heteroatoms. The molecule has 0 radical (unpaired) electrons. The van der Waals surface area contributed by atoms with E-state index in [0.29, 0.717) is 40.1 Å². The van der Waals surface area contributed by atoms with Crippen LogP contribution in [0.15, 0.2) is 90.0 Å². The highest BCUT2D eigenvalue weighted by Gasteiger charge is 2.09. The number of carbonyl (C=O) groups excluding carboxylic acids is 2. The average molecular weight is 572 g/mol. The molecule has 0 aliphatic heterocycles. The molecule has 4 aromatic rings. The van der Waals surface area contributed by atoms with Crippen LogP contribution in [0.2, 0.25) is 5.02 Å². The second kappa shape index (κ2) is 14.0. The molecule has 2 N–H and O–H groups in total. The number of rotatable bonds is 11. The number of hydrogen-bond donors (Lipinski definition) is 2. The molecule has 2 amide bonds. The van der Waals surface area contributed by atoms with E-state index in [4.69, 9.17) is 25.8 Å². The summed E-state index contributed by atoms with van der Waals surface area (Å²) in [6.45, 7) is 4.14. The molecule has 0 aromatic heterocycles. The first-order valence-corrected chi connectivity index (χ1v) is 13.2. The van der Waals surface area contributed by atoms with E-state index in [1.807, 2.05) is 44.2 Å². The number of amides is 2. The van der Waals surface area contributed by atoms with Crippen LogP contribution in [0.4, 0.5) is 5.69 Å². The topological polar surface area (TPSA) is 98.2 Å². The summed E-state index contributed by atoms with van der Waals surface area (Å²) in [4.78, 5) is 24.8. The van der Waals surface area contributed by atoms with Crippen molar-refractivity contribution in [3.63, 3.8) is 0 Å². The number of ether oxygens (including phenoxy) is 3. The second-order valence-electron chi connectivity index (χ2n) is 9.21. The van der Waals surface area contributed by atoms with Crippen LogP contribution < -0.4 is 25.0 Å². The molecule has 0 heterocycles. The van der Waals surface area contributed by atoms with Crippen molar-refractivity contribution in [2.45, 2.75) is 20.5 Å². The van der Waals surface area contributed by atoms with E-state index in [0.717, 1.165) is 16.7 Å². The summed E-state index contributed by atoms with van der Waals surface area (Å²) in [7, 11) is 1.57. The van der Waals surface area contributed by atoms with E-state index in [1.165, 1.54) is 11.8 Å². The van der Waals surface area contributed by atoms with Crippen LogP contribution in [0.25, 0.3) is 0 Å². The predicted octanol–water partition coefficient (Wildman–Crippen LogP) is 6.33. The van der Waals surface area contributed by atoms with Gasteiger partial charge in [0.1, 0.15) is 12.4 Å². The molecule has 0 unspecified atom stereocenters. The number of hydrazone groups is 1. The fourth-order valence-electron chi connectivity index (χ4n) is 3.78. The summed E-state index contributed by atoms with van der Waals surface area (Å²) < 4.78 is 16.9. The number of anilines is 1. The van der Waals surface area contributed by atoms with Crippen molar-refractivity contribution in [3.05, 3.63) is 118 Å². The minimum absolute atomic E-state index is 0.163. The SMILES string of the molecule is COc1cc(/C=N\NC(=O)c2ccc(NC(=O)COc3ccc(Cl)cc3C)cc2)ccc1OCc1ccc(C)cc1. The highest BCUT2D eigenvalue weighted by molar-refractivity contribution is 6.30. The summed E-state index contributed by atoms with van der Waals surface area (Å²) in [5.74, 6) is 1.01. The van der Waals surface area contributed by atoms with Gasteiger partial charge in [0.05, 0.1) is 13.3 Å². The average Bonchev–Trinajstić information content (AvgIpc) is 2.97. The lowest BCUT2D eigenvalue weighted by Gasteiger charge is -2.11. The van der Waals surface area contributed by atoms with Gasteiger partial charge in [-0.1, -0.05) is 41.4 Å². The van der Waals surface area contributed by atoms with Gasteiger partial charge in [0.25, 0.3) is 11.8 Å². The maximum absolute atomic E-state index is 12.5. The molecule has 4 rings (SSSR count). The Kier molecular flexibility index (Phi) is 9.96. The zero-order valence-corrected chi connectivity index (χ0v) is 23.7. The number of methoxy groups -OCH3 is 1. The van der Waals surface area contributed by atoms with Crippen LogP contribution in [0.3, 0.4) is 0 Å². The standard InChI is InChI=1S/C32H30ClN3O5/c1-21-4-6-23(7-5-21)19-40-29-14-8-24(17-30(29)39-3)18-34-36-32(38)25-9-12-27(13-10-25)35-31(37)20-41-28-15-11-26(33)16-22(28)2/h4-18H,19-20H2,1-3H3,(H,35,37)(H,36,38)/b34-18-. The van der Waals surface area contributed by atoms with Gasteiger partial charge < -0.3 is 19.5 Å². The first-order chi connectivity index (χ1) is 19.8. The van der Waals surface area contributed by atoms with Crippen LogP contribution in [0.5, 0.6) is 17.2 Å². The smallest absolute Gasteiger partial charge is 0.271 e. The summed E-state index contributed by atoms with van der Waals surface area (Å²) in [5.41, 5.74) is 7.21. The number of carbonyl (C=O) groups is 2. The molecule has 0 atom stereocenters. The van der Waals surface area contributed by atoms with E-state index >= 15 is 0 Å². The van der Waals surface area contributed by atoms with Gasteiger partial charge in [-0.2, -0.15) is 5.10 Å². The third kappa shape index (κ3) is 8.58. The fourth-order valence-corrected chi connectivity index (χ4v) is 4.01. The molecule has 4 aromatic carbocycles. The Morgan fingerprint density at radius 3 is 2.29 bits per heavy atom. The van der Waals surface area contributed by atoms with E-state index in [9.17, 15) is 9.59 Å². The van der Waals surface area contributed by atoms with Gasteiger partial charge in [-0.05, 0) is 91.2 Å². The van der Waals surface area contributed by atoms with Crippen LogP contribution in [0.1, 0.15) is 32.6 Å². The minimum atomic E-state index is -0.398. The Bertz CT molecular complexity index is 1540. The molecule has 0 bridgehead atoms. The Hall–Kier alpha value is -4.82. The molecule has 0 aliphatic carbocycles. The molecule has 41 heavy (non-hydrogen) atoms. The zero-order valence-electron chi connectivity index (χ0n) is 22.9. The van der Waals surface area contributed by atoms with Gasteiger partial charge >= 0.3 is 0 Å². The molecule has 0 saturated heterocycles. The van der Waals surface area contributed by atoms with Crippen molar-refractivity contribution >= 4 is 35.3 Å².